The van der Waals surface area contributed by atoms with Gasteiger partial charge in [0.2, 0.25) is 0 Å². The number of hydrogen-bond donors (Lipinski definition) is 2. The number of carboxylic acids is 1. The highest BCUT2D eigenvalue weighted by atomic mass is 32.2. The van der Waals surface area contributed by atoms with Gasteiger partial charge in [-0.25, -0.2) is 18.2 Å². The zero-order valence-corrected chi connectivity index (χ0v) is 15.6. The van der Waals surface area contributed by atoms with Crippen molar-refractivity contribution in [1.29, 1.82) is 0 Å². The van der Waals surface area contributed by atoms with Gasteiger partial charge in [0.05, 0.1) is 5.69 Å². The fourth-order valence-corrected chi connectivity index (χ4v) is 3.98. The maximum atomic E-state index is 12.9. The molecule has 1 unspecified atom stereocenters. The number of benzene rings is 1. The first-order chi connectivity index (χ1) is 12.4. The minimum absolute atomic E-state index is 0.0520. The molecular formula is C18H23N3O4S. The van der Waals surface area contributed by atoms with Crippen molar-refractivity contribution >= 4 is 27.5 Å². The third kappa shape index (κ3) is 4.51. The average Bonchev–Trinajstić information content (AvgIpc) is 2.63. The molecule has 2 rings (SSSR count). The van der Waals surface area contributed by atoms with Gasteiger partial charge in [-0.1, -0.05) is 31.5 Å². The van der Waals surface area contributed by atoms with Crippen molar-refractivity contribution < 1.29 is 18.3 Å². The molecule has 0 aliphatic heterocycles. The van der Waals surface area contributed by atoms with Gasteiger partial charge in [0.1, 0.15) is 16.8 Å². The molecule has 0 fully saturated rings. The van der Waals surface area contributed by atoms with Crippen molar-refractivity contribution in [2.75, 3.05) is 16.2 Å². The van der Waals surface area contributed by atoms with E-state index in [9.17, 15) is 18.3 Å². The van der Waals surface area contributed by atoms with Gasteiger partial charge in [-0.3, -0.25) is 4.31 Å². The van der Waals surface area contributed by atoms with E-state index in [1.807, 2.05) is 13.0 Å². The minimum Gasteiger partial charge on any atom is -0.480 e. The van der Waals surface area contributed by atoms with Crippen LogP contribution in [0.3, 0.4) is 0 Å². The summed E-state index contributed by atoms with van der Waals surface area (Å²) in [6.45, 7) is 3.93. The lowest BCUT2D eigenvalue weighted by Gasteiger charge is -2.23. The largest absolute Gasteiger partial charge is 0.480 e. The summed E-state index contributed by atoms with van der Waals surface area (Å²) in [5, 5.41) is 12.0. The lowest BCUT2D eigenvalue weighted by atomic mass is 10.2. The monoisotopic (exact) mass is 377 g/mol. The number of anilines is 2. The fraction of sp³-hybridized carbons (Fsp3) is 0.333. The molecule has 1 atom stereocenters. The van der Waals surface area contributed by atoms with Crippen LogP contribution in [0.15, 0.2) is 53.6 Å². The summed E-state index contributed by atoms with van der Waals surface area (Å²) in [5.74, 6) is -0.640. The lowest BCUT2D eigenvalue weighted by Crippen LogP contribution is -2.31. The topological polar surface area (TPSA) is 99.6 Å². The highest BCUT2D eigenvalue weighted by Crippen LogP contribution is 2.23. The first kappa shape index (κ1) is 19.7. The number of carbonyl (C=O) groups is 1. The normalized spacial score (nSPS) is 12.4. The van der Waals surface area contributed by atoms with E-state index in [1.165, 1.54) is 22.6 Å². The fourth-order valence-electron chi connectivity index (χ4n) is 2.56. The standard InChI is InChI=1S/C18H23N3O4S/c1-3-8-16(18(22)23)20-17-12-11-15(13-19-17)26(24,25)21(4-2)14-9-6-5-7-10-14/h5-7,9-13,16H,3-4,8H2,1-2H3,(H,19,20)(H,22,23). The summed E-state index contributed by atoms with van der Waals surface area (Å²) >= 11 is 0. The number of hydrogen-bond acceptors (Lipinski definition) is 5. The summed E-state index contributed by atoms with van der Waals surface area (Å²) in [7, 11) is -3.75. The summed E-state index contributed by atoms with van der Waals surface area (Å²) in [6.07, 6.45) is 2.40. The van der Waals surface area contributed by atoms with Crippen LogP contribution in [0.25, 0.3) is 0 Å². The molecule has 140 valence electrons. The number of para-hydroxylation sites is 1. The molecule has 0 amide bonds. The Morgan fingerprint density at radius 3 is 2.38 bits per heavy atom. The second kappa shape index (κ2) is 8.66. The zero-order chi connectivity index (χ0) is 19.2. The molecular weight excluding hydrogens is 354 g/mol. The molecule has 26 heavy (non-hydrogen) atoms. The number of aromatic nitrogens is 1. The van der Waals surface area contributed by atoms with Crippen LogP contribution in [-0.2, 0) is 14.8 Å². The highest BCUT2D eigenvalue weighted by Gasteiger charge is 2.24. The van der Waals surface area contributed by atoms with Crippen LogP contribution in [0.1, 0.15) is 26.7 Å². The second-order valence-corrected chi connectivity index (χ2v) is 7.57. The SMILES string of the molecule is CCCC(Nc1ccc(S(=O)(=O)N(CC)c2ccccc2)cn1)C(=O)O. The predicted octanol–water partition coefficient (Wildman–Crippen LogP) is 2.96. The van der Waals surface area contributed by atoms with Gasteiger partial charge in [-0.15, -0.1) is 0 Å². The molecule has 0 aliphatic rings. The molecule has 2 aromatic rings. The van der Waals surface area contributed by atoms with Gasteiger partial charge in [-0.05, 0) is 37.6 Å². The van der Waals surface area contributed by atoms with E-state index >= 15 is 0 Å². The molecule has 1 heterocycles. The average molecular weight is 377 g/mol. The first-order valence-corrected chi connectivity index (χ1v) is 9.87. The number of rotatable bonds is 9. The van der Waals surface area contributed by atoms with Crippen LogP contribution in [0.2, 0.25) is 0 Å². The molecule has 8 heteroatoms. The van der Waals surface area contributed by atoms with Crippen LogP contribution < -0.4 is 9.62 Å². The number of aliphatic carboxylic acids is 1. The van der Waals surface area contributed by atoms with Gasteiger partial charge < -0.3 is 10.4 Å². The summed E-state index contributed by atoms with van der Waals surface area (Å²) in [5.41, 5.74) is 0.575. The van der Waals surface area contributed by atoms with Gasteiger partial charge >= 0.3 is 5.97 Å². The van der Waals surface area contributed by atoms with Crippen LogP contribution in [0.4, 0.5) is 11.5 Å². The van der Waals surface area contributed by atoms with E-state index in [1.54, 1.807) is 31.2 Å². The van der Waals surface area contributed by atoms with Crippen LogP contribution >= 0.6 is 0 Å². The van der Waals surface area contributed by atoms with Gasteiger partial charge in [-0.2, -0.15) is 0 Å². The number of sulfonamides is 1. The number of nitrogens with zero attached hydrogens (tertiary/aromatic N) is 2. The van der Waals surface area contributed by atoms with Gasteiger partial charge in [0, 0.05) is 12.7 Å². The van der Waals surface area contributed by atoms with E-state index in [0.717, 1.165) is 0 Å². The quantitative estimate of drug-likeness (QED) is 0.697. The second-order valence-electron chi connectivity index (χ2n) is 5.71. The van der Waals surface area contributed by atoms with E-state index in [0.29, 0.717) is 24.3 Å². The molecule has 0 saturated heterocycles. The van der Waals surface area contributed by atoms with Crippen LogP contribution in [0.5, 0.6) is 0 Å². The van der Waals surface area contributed by atoms with E-state index in [4.69, 9.17) is 0 Å². The maximum absolute atomic E-state index is 12.9. The van der Waals surface area contributed by atoms with Gasteiger partial charge in [0.15, 0.2) is 0 Å². The molecule has 0 saturated carbocycles. The number of pyridine rings is 1. The van der Waals surface area contributed by atoms with Crippen molar-refractivity contribution in [3.63, 3.8) is 0 Å². The summed E-state index contributed by atoms with van der Waals surface area (Å²) in [6, 6.07) is 11.0. The molecule has 2 N–H and O–H groups in total. The smallest absolute Gasteiger partial charge is 0.326 e. The lowest BCUT2D eigenvalue weighted by molar-refractivity contribution is -0.138. The van der Waals surface area contributed by atoms with Gasteiger partial charge in [0.25, 0.3) is 10.0 Å². The Kier molecular flexibility index (Phi) is 6.57. The molecule has 7 nitrogen and oxygen atoms in total. The molecule has 0 spiro atoms. The summed E-state index contributed by atoms with van der Waals surface area (Å²) < 4.78 is 27.1. The predicted molar refractivity (Wildman–Crippen MR) is 101 cm³/mol. The van der Waals surface area contributed by atoms with E-state index in [-0.39, 0.29) is 11.4 Å². The maximum Gasteiger partial charge on any atom is 0.326 e. The Morgan fingerprint density at radius 2 is 1.88 bits per heavy atom. The Labute approximate surface area is 153 Å². The molecule has 0 radical (unpaired) electrons. The highest BCUT2D eigenvalue weighted by molar-refractivity contribution is 7.92. The van der Waals surface area contributed by atoms with Crippen molar-refractivity contribution in [2.24, 2.45) is 0 Å². The Hall–Kier alpha value is -2.61. The number of carboxylic acid groups (broad SMARTS) is 1. The van der Waals surface area contributed by atoms with Crippen LogP contribution in [0, 0.1) is 0 Å². The van der Waals surface area contributed by atoms with Crippen molar-refractivity contribution in [3.8, 4) is 0 Å². The Morgan fingerprint density at radius 1 is 1.19 bits per heavy atom. The molecule has 1 aromatic carbocycles. The minimum atomic E-state index is -3.75. The molecule has 0 bridgehead atoms. The first-order valence-electron chi connectivity index (χ1n) is 8.43. The third-order valence-corrected chi connectivity index (χ3v) is 5.74. The Balaban J connectivity index is 2.24. The third-order valence-electron chi connectivity index (χ3n) is 3.85. The molecule has 0 aliphatic carbocycles. The van der Waals surface area contributed by atoms with Crippen molar-refractivity contribution in [3.05, 3.63) is 48.7 Å². The number of nitrogens with one attached hydrogen (secondary N) is 1. The summed E-state index contributed by atoms with van der Waals surface area (Å²) in [4.78, 5) is 15.3. The van der Waals surface area contributed by atoms with E-state index in [2.05, 4.69) is 10.3 Å². The van der Waals surface area contributed by atoms with E-state index < -0.39 is 22.0 Å². The van der Waals surface area contributed by atoms with Crippen molar-refractivity contribution in [1.82, 2.24) is 4.98 Å². The Bertz CT molecular complexity index is 823. The van der Waals surface area contributed by atoms with Crippen LogP contribution in [-0.4, -0.2) is 37.1 Å². The van der Waals surface area contributed by atoms with Crippen molar-refractivity contribution in [2.45, 2.75) is 37.6 Å². The molecule has 1 aromatic heterocycles. The zero-order valence-electron chi connectivity index (χ0n) is 14.8.